The number of benzene rings is 2. The van der Waals surface area contributed by atoms with Crippen molar-refractivity contribution < 1.29 is 56.3 Å². The Labute approximate surface area is 244 Å². The number of rotatable bonds is 9. The van der Waals surface area contributed by atoms with Crippen LogP contribution in [0.3, 0.4) is 0 Å². The van der Waals surface area contributed by atoms with Crippen molar-refractivity contribution >= 4 is 67.5 Å². The Morgan fingerprint density at radius 1 is 1.08 bits per heavy atom. The van der Waals surface area contributed by atoms with Crippen molar-refractivity contribution in [2.24, 2.45) is 10.2 Å². The Kier molecular flexibility index (Phi) is 9.89. The first-order chi connectivity index (χ1) is 17.2. The molecule has 2 aromatic carbocycles. The number of carbonyl (C=O) groups excluding carboxylic acids is 2. The minimum atomic E-state index is -4.73. The molecule has 1 aromatic heterocycles. The third kappa shape index (κ3) is 7.18. The average molecular weight is 569 g/mol. The number of azo groups is 1. The van der Waals surface area contributed by atoms with Crippen LogP contribution in [0.15, 0.2) is 64.3 Å². The van der Waals surface area contributed by atoms with Gasteiger partial charge in [0.2, 0.25) is 15.5 Å². The van der Waals surface area contributed by atoms with E-state index in [9.17, 15) is 22.6 Å². The number of fused-ring (bicyclic) bond motifs is 1. The number of Topliss-reactive ketones (excluding diaryl/α,β-unsaturated/α-hetero) is 2. The molecule has 0 aliphatic heterocycles. The summed E-state index contributed by atoms with van der Waals surface area (Å²) in [6.45, 7) is 2.40. The normalized spacial score (nSPS) is 13.1. The van der Waals surface area contributed by atoms with Gasteiger partial charge in [-0.3, -0.25) is 13.8 Å². The fourth-order valence-electron chi connectivity index (χ4n) is 3.52. The summed E-state index contributed by atoms with van der Waals surface area (Å²) in [5.74, 6) is -0.712. The van der Waals surface area contributed by atoms with Crippen molar-refractivity contribution in [3.63, 3.8) is 0 Å². The molecular weight excluding hydrogens is 551 g/mol. The monoisotopic (exact) mass is 568 g/mol. The zero-order valence-corrected chi connectivity index (χ0v) is 24.1. The first-order valence-corrected chi connectivity index (χ1v) is 13.1. The van der Waals surface area contributed by atoms with Gasteiger partial charge in [-0.25, -0.2) is 13.4 Å². The molecule has 3 aromatic rings. The maximum atomic E-state index is 12.6. The molecule has 0 fully saturated rings. The molecule has 0 unspecified atom stereocenters. The van der Waals surface area contributed by atoms with Gasteiger partial charge in [0, 0.05) is 29.9 Å². The summed E-state index contributed by atoms with van der Waals surface area (Å²) in [6.07, 6.45) is 1.43. The standard InChI is InChI=1S/C23H19ClN4O6S2.Na/c1-2-28(11-12-34-36(31,32)33)15-9-7-14(8-10-15)26-27-23-25-22(24)19(35-23)13-18-20(29)16-5-3-4-6-17(16)21(18)30;/h3-10,13H,2,11-12H2,1H3,(H,31,32,33);/q;+1/p-1. The number of likely N-dealkylation sites (N-methyl/N-ethyl adjacent to an activating group) is 1. The molecule has 186 valence electrons. The van der Waals surface area contributed by atoms with E-state index in [-0.39, 0.29) is 70.1 Å². The van der Waals surface area contributed by atoms with Gasteiger partial charge in [-0.2, -0.15) is 0 Å². The van der Waals surface area contributed by atoms with Crippen molar-refractivity contribution in [1.82, 2.24) is 4.98 Å². The molecule has 37 heavy (non-hydrogen) atoms. The minimum Gasteiger partial charge on any atom is -0.726 e. The molecule has 1 aliphatic rings. The molecule has 1 heterocycles. The minimum absolute atomic E-state index is 0. The molecule has 0 spiro atoms. The van der Waals surface area contributed by atoms with E-state index in [1.165, 1.54) is 6.08 Å². The predicted molar refractivity (Wildman–Crippen MR) is 134 cm³/mol. The van der Waals surface area contributed by atoms with E-state index >= 15 is 0 Å². The first kappa shape index (κ1) is 29.3. The Morgan fingerprint density at radius 2 is 1.70 bits per heavy atom. The average Bonchev–Trinajstić information content (AvgIpc) is 3.32. The van der Waals surface area contributed by atoms with Crippen LogP contribution in [0.2, 0.25) is 5.15 Å². The van der Waals surface area contributed by atoms with E-state index < -0.39 is 10.4 Å². The summed E-state index contributed by atoms with van der Waals surface area (Å²) < 4.78 is 36.0. The van der Waals surface area contributed by atoms with Crippen LogP contribution in [0.25, 0.3) is 6.08 Å². The van der Waals surface area contributed by atoms with Crippen LogP contribution in [-0.2, 0) is 14.6 Å². The van der Waals surface area contributed by atoms with Gasteiger partial charge in [-0.1, -0.05) is 47.2 Å². The van der Waals surface area contributed by atoms with Crippen LogP contribution in [0, 0.1) is 0 Å². The van der Waals surface area contributed by atoms with E-state index in [1.54, 1.807) is 48.5 Å². The second-order valence-corrected chi connectivity index (χ2v) is 9.86. The molecule has 4 rings (SSSR count). The van der Waals surface area contributed by atoms with Crippen LogP contribution in [0.1, 0.15) is 32.5 Å². The fourth-order valence-corrected chi connectivity index (χ4v) is 4.82. The van der Waals surface area contributed by atoms with Crippen molar-refractivity contribution in [3.05, 3.63) is 75.3 Å². The first-order valence-electron chi connectivity index (χ1n) is 10.6. The number of hydrogen-bond donors (Lipinski definition) is 0. The van der Waals surface area contributed by atoms with Crippen LogP contribution < -0.4 is 34.5 Å². The number of hydrogen-bond acceptors (Lipinski definition) is 11. The third-order valence-electron chi connectivity index (χ3n) is 5.22. The van der Waals surface area contributed by atoms with E-state index in [2.05, 4.69) is 19.4 Å². The Morgan fingerprint density at radius 3 is 2.27 bits per heavy atom. The largest absolute Gasteiger partial charge is 1.00 e. The zero-order chi connectivity index (χ0) is 25.9. The fraction of sp³-hybridized carbons (Fsp3) is 0.174. The molecule has 0 radical (unpaired) electrons. The smallest absolute Gasteiger partial charge is 0.726 e. The van der Waals surface area contributed by atoms with Crippen LogP contribution in [0.5, 0.6) is 0 Å². The van der Waals surface area contributed by atoms with Gasteiger partial charge in [0.15, 0.2) is 11.6 Å². The van der Waals surface area contributed by atoms with Gasteiger partial charge in [0.25, 0.3) is 0 Å². The van der Waals surface area contributed by atoms with Crippen molar-refractivity contribution in [2.45, 2.75) is 6.92 Å². The van der Waals surface area contributed by atoms with E-state index in [4.69, 9.17) is 11.6 Å². The Hall–Kier alpha value is -2.29. The molecule has 0 saturated carbocycles. The maximum Gasteiger partial charge on any atom is 1.00 e. The number of thiazole rings is 1. The number of aromatic nitrogens is 1. The molecule has 0 atom stereocenters. The van der Waals surface area contributed by atoms with Crippen LogP contribution in [-0.4, -0.2) is 49.2 Å². The van der Waals surface area contributed by atoms with Gasteiger partial charge in [-0.15, -0.1) is 10.2 Å². The van der Waals surface area contributed by atoms with Crippen molar-refractivity contribution in [3.8, 4) is 0 Å². The summed E-state index contributed by atoms with van der Waals surface area (Å²) in [5.41, 5.74) is 2.06. The molecule has 0 saturated heterocycles. The topological polar surface area (TPSA) is 141 Å². The zero-order valence-electron chi connectivity index (χ0n) is 19.8. The SMILES string of the molecule is CCN(CCOS(=O)(=O)[O-])c1ccc(N=Nc2nc(Cl)c(C=C3C(=O)c4ccccc4C3=O)s2)cc1.[Na+]. The number of ketones is 2. The second-order valence-electron chi connectivity index (χ2n) is 7.44. The molecule has 1 aliphatic carbocycles. The molecular formula is C23H18ClN4NaO6S2. The number of nitrogens with zero attached hydrogens (tertiary/aromatic N) is 4. The van der Waals surface area contributed by atoms with Gasteiger partial charge < -0.3 is 9.45 Å². The van der Waals surface area contributed by atoms with Gasteiger partial charge in [0.1, 0.15) is 5.15 Å². The maximum absolute atomic E-state index is 12.6. The van der Waals surface area contributed by atoms with E-state index in [0.29, 0.717) is 28.2 Å². The van der Waals surface area contributed by atoms with Gasteiger partial charge in [0.05, 0.1) is 22.7 Å². The quantitative estimate of drug-likeness (QED) is 0.0952. The number of allylic oxidation sites excluding steroid dienone is 1. The Bertz CT molecular complexity index is 1450. The third-order valence-corrected chi connectivity index (χ3v) is 6.96. The van der Waals surface area contributed by atoms with Crippen LogP contribution >= 0.6 is 22.9 Å². The predicted octanol–water partition coefficient (Wildman–Crippen LogP) is 1.98. The summed E-state index contributed by atoms with van der Waals surface area (Å²) in [5, 5.41) is 8.59. The molecule has 0 bridgehead atoms. The van der Waals surface area contributed by atoms with Gasteiger partial charge in [-0.05, 0) is 37.3 Å². The summed E-state index contributed by atoms with van der Waals surface area (Å²) in [7, 11) is -4.73. The van der Waals surface area contributed by atoms with E-state index in [0.717, 1.165) is 17.0 Å². The molecule has 14 heteroatoms. The number of anilines is 1. The summed E-state index contributed by atoms with van der Waals surface area (Å²) >= 11 is 7.30. The van der Waals surface area contributed by atoms with Crippen molar-refractivity contribution in [1.29, 1.82) is 0 Å². The Balaban J connectivity index is 0.00000380. The number of halogens is 1. The van der Waals surface area contributed by atoms with E-state index in [1.807, 2.05) is 11.8 Å². The summed E-state index contributed by atoms with van der Waals surface area (Å²) in [4.78, 5) is 31.6. The van der Waals surface area contributed by atoms with Crippen LogP contribution in [0.4, 0.5) is 16.5 Å². The van der Waals surface area contributed by atoms with Gasteiger partial charge >= 0.3 is 29.6 Å². The second kappa shape index (κ2) is 12.5. The molecule has 0 amide bonds. The molecule has 10 nitrogen and oxygen atoms in total. The summed E-state index contributed by atoms with van der Waals surface area (Å²) in [6, 6.07) is 13.6. The molecule has 0 N–H and O–H groups in total. The van der Waals surface area contributed by atoms with Crippen molar-refractivity contribution in [2.75, 3.05) is 24.6 Å². The number of carbonyl (C=O) groups is 2.